The van der Waals surface area contributed by atoms with Gasteiger partial charge < -0.3 is 10.0 Å². The predicted molar refractivity (Wildman–Crippen MR) is 92.2 cm³/mol. The van der Waals surface area contributed by atoms with Gasteiger partial charge in [0.25, 0.3) is 5.91 Å². The Bertz CT molecular complexity index is 792. The van der Waals surface area contributed by atoms with E-state index in [1.165, 1.54) is 23.5 Å². The van der Waals surface area contributed by atoms with Crippen LogP contribution >= 0.6 is 11.3 Å². The van der Waals surface area contributed by atoms with E-state index in [9.17, 15) is 19.1 Å². The van der Waals surface area contributed by atoms with Gasteiger partial charge in [-0.15, -0.1) is 11.3 Å². The van der Waals surface area contributed by atoms with E-state index in [0.717, 1.165) is 10.6 Å². The molecule has 25 heavy (non-hydrogen) atoms. The molecule has 1 aromatic heterocycles. The van der Waals surface area contributed by atoms with E-state index in [1.54, 1.807) is 23.3 Å². The molecule has 5 nitrogen and oxygen atoms in total. The van der Waals surface area contributed by atoms with Gasteiger partial charge in [0.1, 0.15) is 11.5 Å². The van der Waals surface area contributed by atoms with Crippen molar-refractivity contribution in [2.45, 2.75) is 32.2 Å². The number of carbonyl (C=O) groups is 2. The van der Waals surface area contributed by atoms with Crippen LogP contribution < -0.4 is 0 Å². The van der Waals surface area contributed by atoms with Crippen LogP contribution in [-0.4, -0.2) is 39.5 Å². The number of carboxylic acids is 1. The Morgan fingerprint density at radius 3 is 2.96 bits per heavy atom. The molecule has 1 aromatic carbocycles. The molecule has 2 aromatic rings. The monoisotopic (exact) mass is 362 g/mol. The van der Waals surface area contributed by atoms with Crippen molar-refractivity contribution < 1.29 is 19.1 Å². The highest BCUT2D eigenvalue weighted by Crippen LogP contribution is 2.26. The van der Waals surface area contributed by atoms with Crippen LogP contribution in [0.15, 0.2) is 29.6 Å². The van der Waals surface area contributed by atoms with E-state index in [4.69, 9.17) is 0 Å². The van der Waals surface area contributed by atoms with Crippen LogP contribution in [0.5, 0.6) is 0 Å². The van der Waals surface area contributed by atoms with Crippen molar-refractivity contribution in [3.8, 4) is 0 Å². The van der Waals surface area contributed by atoms with Crippen LogP contribution in [0.1, 0.15) is 40.8 Å². The molecule has 1 N–H and O–H groups in total. The summed E-state index contributed by atoms with van der Waals surface area (Å²) in [5.74, 6) is -1.94. The SMILES string of the molecule is C[C@@H]1[C@H](C(=O)O)CCCN1C(=O)c1csc(Cc2cccc(F)c2)n1. The Balaban J connectivity index is 1.73. The molecule has 0 bridgehead atoms. The first kappa shape index (κ1) is 17.5. The second-order valence-electron chi connectivity index (χ2n) is 6.26. The lowest BCUT2D eigenvalue weighted by Gasteiger charge is -2.37. The fraction of sp³-hybridized carbons (Fsp3) is 0.389. The topological polar surface area (TPSA) is 70.5 Å². The summed E-state index contributed by atoms with van der Waals surface area (Å²) in [5, 5.41) is 11.7. The highest BCUT2D eigenvalue weighted by molar-refractivity contribution is 7.09. The summed E-state index contributed by atoms with van der Waals surface area (Å²) in [6, 6.07) is 5.94. The van der Waals surface area contributed by atoms with Gasteiger partial charge in [0.2, 0.25) is 0 Å². The molecule has 0 aliphatic carbocycles. The minimum atomic E-state index is -0.866. The fourth-order valence-electron chi connectivity index (χ4n) is 3.22. The van der Waals surface area contributed by atoms with Gasteiger partial charge in [-0.1, -0.05) is 12.1 Å². The first-order valence-corrected chi connectivity index (χ1v) is 9.06. The number of carboxylic acid groups (broad SMARTS) is 1. The van der Waals surface area contributed by atoms with Crippen molar-refractivity contribution >= 4 is 23.2 Å². The minimum absolute atomic E-state index is 0.236. The van der Waals surface area contributed by atoms with E-state index in [2.05, 4.69) is 4.98 Å². The highest BCUT2D eigenvalue weighted by Gasteiger charge is 2.36. The third kappa shape index (κ3) is 3.87. The molecule has 0 saturated carbocycles. The van der Waals surface area contributed by atoms with Crippen molar-refractivity contribution in [2.75, 3.05) is 6.54 Å². The Labute approximate surface area is 149 Å². The summed E-state index contributed by atoms with van der Waals surface area (Å²) in [6.45, 7) is 2.32. The lowest BCUT2D eigenvalue weighted by molar-refractivity contribution is -0.144. The summed E-state index contributed by atoms with van der Waals surface area (Å²) < 4.78 is 13.3. The normalized spacial score (nSPS) is 20.5. The van der Waals surface area contributed by atoms with E-state index in [1.807, 2.05) is 6.07 Å². The van der Waals surface area contributed by atoms with Crippen LogP contribution in [0.3, 0.4) is 0 Å². The average Bonchev–Trinajstić information content (AvgIpc) is 3.02. The van der Waals surface area contributed by atoms with Crippen LogP contribution in [-0.2, 0) is 11.2 Å². The van der Waals surface area contributed by atoms with E-state index < -0.39 is 11.9 Å². The molecule has 0 radical (unpaired) electrons. The molecule has 0 unspecified atom stereocenters. The highest BCUT2D eigenvalue weighted by atomic mass is 32.1. The zero-order valence-electron chi connectivity index (χ0n) is 13.8. The molecule has 3 rings (SSSR count). The van der Waals surface area contributed by atoms with Gasteiger partial charge in [-0.25, -0.2) is 9.37 Å². The molecule has 1 aliphatic heterocycles. The van der Waals surface area contributed by atoms with Crippen molar-refractivity contribution in [1.29, 1.82) is 0 Å². The van der Waals surface area contributed by atoms with E-state index in [0.29, 0.717) is 31.5 Å². The summed E-state index contributed by atoms with van der Waals surface area (Å²) >= 11 is 1.35. The summed E-state index contributed by atoms with van der Waals surface area (Å²) in [6.07, 6.45) is 1.72. The van der Waals surface area contributed by atoms with Crippen molar-refractivity contribution in [2.24, 2.45) is 5.92 Å². The zero-order valence-corrected chi connectivity index (χ0v) is 14.6. The number of rotatable bonds is 4. The molecule has 1 aliphatic rings. The van der Waals surface area contributed by atoms with Gasteiger partial charge in [0.05, 0.1) is 10.9 Å². The number of nitrogens with zero attached hydrogens (tertiary/aromatic N) is 2. The van der Waals surface area contributed by atoms with Crippen molar-refractivity contribution in [3.05, 3.63) is 51.7 Å². The third-order valence-corrected chi connectivity index (χ3v) is 5.43. The molecule has 1 amide bonds. The molecule has 0 spiro atoms. The molecule has 1 saturated heterocycles. The van der Waals surface area contributed by atoms with E-state index >= 15 is 0 Å². The number of halogens is 1. The number of likely N-dealkylation sites (tertiary alicyclic amines) is 1. The van der Waals surface area contributed by atoms with Crippen LogP contribution in [0.25, 0.3) is 0 Å². The summed E-state index contributed by atoms with van der Waals surface area (Å²) in [4.78, 5) is 30.0. The summed E-state index contributed by atoms with van der Waals surface area (Å²) in [5.41, 5.74) is 1.12. The number of thiazole rings is 1. The van der Waals surface area contributed by atoms with Gasteiger partial charge in [-0.05, 0) is 37.5 Å². The fourth-order valence-corrected chi connectivity index (χ4v) is 4.02. The molecule has 132 valence electrons. The Morgan fingerprint density at radius 1 is 1.44 bits per heavy atom. The van der Waals surface area contributed by atoms with E-state index in [-0.39, 0.29) is 17.8 Å². The average molecular weight is 362 g/mol. The number of amides is 1. The molecule has 1 fully saturated rings. The molecule has 2 atom stereocenters. The van der Waals surface area contributed by atoms with Gasteiger partial charge in [0.15, 0.2) is 0 Å². The standard InChI is InChI=1S/C18H19FN2O3S/c1-11-14(18(23)24)6-3-7-21(11)17(22)15-10-25-16(20-15)9-12-4-2-5-13(19)8-12/h2,4-5,8,10-11,14H,3,6-7,9H2,1H3,(H,23,24)/t11-,14-/m1/s1. The lowest BCUT2D eigenvalue weighted by atomic mass is 9.90. The molecular formula is C18H19FN2O3S. The van der Waals surface area contributed by atoms with Gasteiger partial charge in [-0.3, -0.25) is 9.59 Å². The number of benzene rings is 1. The Hall–Kier alpha value is -2.28. The van der Waals surface area contributed by atoms with Crippen LogP contribution in [0.2, 0.25) is 0 Å². The second kappa shape index (κ2) is 7.31. The molecule has 2 heterocycles. The maximum absolute atomic E-state index is 13.3. The van der Waals surface area contributed by atoms with Crippen LogP contribution in [0.4, 0.5) is 4.39 Å². The summed E-state index contributed by atoms with van der Waals surface area (Å²) in [7, 11) is 0. The number of aliphatic carboxylic acids is 1. The van der Waals surface area contributed by atoms with Crippen LogP contribution in [0, 0.1) is 11.7 Å². The molecular weight excluding hydrogens is 343 g/mol. The number of carbonyl (C=O) groups excluding carboxylic acids is 1. The predicted octanol–water partition coefficient (Wildman–Crippen LogP) is 3.20. The minimum Gasteiger partial charge on any atom is -0.481 e. The lowest BCUT2D eigenvalue weighted by Crippen LogP contribution is -2.49. The Kier molecular flexibility index (Phi) is 5.13. The van der Waals surface area contributed by atoms with Gasteiger partial charge >= 0.3 is 5.97 Å². The molecule has 7 heteroatoms. The maximum atomic E-state index is 13.3. The van der Waals surface area contributed by atoms with Gasteiger partial charge in [0, 0.05) is 24.4 Å². The Morgan fingerprint density at radius 2 is 2.24 bits per heavy atom. The third-order valence-electron chi connectivity index (χ3n) is 4.58. The quantitative estimate of drug-likeness (QED) is 0.907. The number of aromatic nitrogens is 1. The number of hydrogen-bond donors (Lipinski definition) is 1. The smallest absolute Gasteiger partial charge is 0.308 e. The van der Waals surface area contributed by atoms with Crippen molar-refractivity contribution in [3.63, 3.8) is 0 Å². The second-order valence-corrected chi connectivity index (χ2v) is 7.20. The number of hydrogen-bond acceptors (Lipinski definition) is 4. The number of piperidine rings is 1. The zero-order chi connectivity index (χ0) is 18.0. The largest absolute Gasteiger partial charge is 0.481 e. The first-order chi connectivity index (χ1) is 12.0. The van der Waals surface area contributed by atoms with Gasteiger partial charge in [-0.2, -0.15) is 0 Å². The first-order valence-electron chi connectivity index (χ1n) is 8.18. The van der Waals surface area contributed by atoms with Crippen molar-refractivity contribution in [1.82, 2.24) is 9.88 Å². The maximum Gasteiger partial charge on any atom is 0.308 e.